The molecule has 0 unspecified atom stereocenters. The lowest BCUT2D eigenvalue weighted by Crippen LogP contribution is -2.20. The number of esters is 1. The number of nitrogens with zero attached hydrogens (tertiary/aromatic N) is 2. The topological polar surface area (TPSA) is 102 Å². The Kier molecular flexibility index (Phi) is 7.72. The van der Waals surface area contributed by atoms with Gasteiger partial charge in [0.2, 0.25) is 5.13 Å². The van der Waals surface area contributed by atoms with E-state index in [0.717, 1.165) is 11.3 Å². The van der Waals surface area contributed by atoms with Crippen LogP contribution >= 0.6 is 11.3 Å². The fourth-order valence-corrected chi connectivity index (χ4v) is 3.16. The maximum atomic E-state index is 12.2. The Labute approximate surface area is 183 Å². The highest BCUT2D eigenvalue weighted by Gasteiger charge is 2.09. The Morgan fingerprint density at radius 2 is 1.94 bits per heavy atom. The highest BCUT2D eigenvalue weighted by molar-refractivity contribution is 7.13. The van der Waals surface area contributed by atoms with Gasteiger partial charge < -0.3 is 14.8 Å². The minimum atomic E-state index is -0.401. The summed E-state index contributed by atoms with van der Waals surface area (Å²) in [5.74, 6) is -0.204. The first-order valence-corrected chi connectivity index (χ1v) is 10.4. The molecule has 3 rings (SSSR count). The molecular weight excluding hydrogens is 416 g/mol. The molecule has 0 fully saturated rings. The zero-order valence-corrected chi connectivity index (χ0v) is 17.9. The van der Waals surface area contributed by atoms with E-state index in [-0.39, 0.29) is 12.5 Å². The zero-order chi connectivity index (χ0) is 22.1. The highest BCUT2D eigenvalue weighted by Crippen LogP contribution is 2.18. The molecule has 9 heteroatoms. The average Bonchev–Trinajstić information content (AvgIpc) is 3.18. The van der Waals surface area contributed by atoms with Crippen LogP contribution in [-0.2, 0) is 9.53 Å². The number of carbonyl (C=O) groups is 2. The minimum absolute atomic E-state index is 0.177. The molecule has 1 aromatic heterocycles. The minimum Gasteiger partial charge on any atom is -0.483 e. The second kappa shape index (κ2) is 10.9. The Balaban J connectivity index is 1.53. The number of carbonyl (C=O) groups excluding carboxylic acids is 2. The molecule has 0 aliphatic carbocycles. The molecule has 1 heterocycles. The molecule has 31 heavy (non-hydrogen) atoms. The number of thiazole rings is 1. The average molecular weight is 439 g/mol. The second-order valence-electron chi connectivity index (χ2n) is 6.34. The first kappa shape index (κ1) is 22.0. The lowest BCUT2D eigenvalue weighted by atomic mass is 10.2. The molecule has 0 aliphatic rings. The molecule has 0 saturated heterocycles. The van der Waals surface area contributed by atoms with E-state index in [2.05, 4.69) is 20.8 Å². The van der Waals surface area contributed by atoms with E-state index in [1.807, 2.05) is 30.5 Å². The summed E-state index contributed by atoms with van der Waals surface area (Å²) in [6.45, 7) is 3.79. The number of anilines is 2. The fraction of sp³-hybridized carbons (Fsp3) is 0.182. The second-order valence-corrected chi connectivity index (χ2v) is 7.19. The van der Waals surface area contributed by atoms with Crippen LogP contribution in [0, 0.1) is 6.92 Å². The lowest BCUT2D eigenvalue weighted by molar-refractivity contribution is -0.118. The van der Waals surface area contributed by atoms with Crippen molar-refractivity contribution in [2.75, 3.05) is 24.0 Å². The third-order valence-corrected chi connectivity index (χ3v) is 4.81. The first-order chi connectivity index (χ1) is 15.0. The van der Waals surface area contributed by atoms with Gasteiger partial charge in [0.15, 0.2) is 6.61 Å². The predicted molar refractivity (Wildman–Crippen MR) is 121 cm³/mol. The van der Waals surface area contributed by atoms with Gasteiger partial charge in [0.05, 0.1) is 24.1 Å². The van der Waals surface area contributed by atoms with Crippen molar-refractivity contribution in [2.45, 2.75) is 13.8 Å². The SMILES string of the molecule is CCOC(=O)c1ccc(NC(=O)COc2ccccc2C=NNc2nc(C)cs2)cc1. The number of nitrogens with one attached hydrogen (secondary N) is 2. The first-order valence-electron chi connectivity index (χ1n) is 9.55. The van der Waals surface area contributed by atoms with Crippen LogP contribution in [0.3, 0.4) is 0 Å². The van der Waals surface area contributed by atoms with Crippen molar-refractivity contribution in [3.05, 3.63) is 70.7 Å². The third-order valence-electron chi connectivity index (χ3n) is 3.94. The van der Waals surface area contributed by atoms with E-state index in [0.29, 0.717) is 28.7 Å². The smallest absolute Gasteiger partial charge is 0.338 e. The molecule has 0 bridgehead atoms. The molecule has 0 aliphatic heterocycles. The van der Waals surface area contributed by atoms with Gasteiger partial charge in [-0.2, -0.15) is 5.10 Å². The van der Waals surface area contributed by atoms with Gasteiger partial charge in [0, 0.05) is 16.6 Å². The van der Waals surface area contributed by atoms with Crippen LogP contribution in [0.4, 0.5) is 10.8 Å². The van der Waals surface area contributed by atoms with Crippen molar-refractivity contribution in [3.8, 4) is 5.75 Å². The largest absolute Gasteiger partial charge is 0.483 e. The summed E-state index contributed by atoms with van der Waals surface area (Å²) in [4.78, 5) is 28.2. The van der Waals surface area contributed by atoms with Crippen LogP contribution in [0.25, 0.3) is 0 Å². The number of amides is 1. The van der Waals surface area contributed by atoms with Crippen molar-refractivity contribution in [2.24, 2.45) is 5.10 Å². The summed E-state index contributed by atoms with van der Waals surface area (Å²) >= 11 is 1.46. The van der Waals surface area contributed by atoms with Gasteiger partial charge in [-0.3, -0.25) is 10.2 Å². The van der Waals surface area contributed by atoms with Gasteiger partial charge in [-0.1, -0.05) is 12.1 Å². The number of benzene rings is 2. The number of aromatic nitrogens is 1. The van der Waals surface area contributed by atoms with Gasteiger partial charge in [-0.25, -0.2) is 9.78 Å². The number of ether oxygens (including phenoxy) is 2. The van der Waals surface area contributed by atoms with Crippen LogP contribution in [0.1, 0.15) is 28.5 Å². The van der Waals surface area contributed by atoms with Crippen LogP contribution in [0.5, 0.6) is 5.75 Å². The molecule has 2 aromatic carbocycles. The Hall–Kier alpha value is -3.72. The van der Waals surface area contributed by atoms with E-state index in [1.54, 1.807) is 43.5 Å². The number of para-hydroxylation sites is 1. The molecule has 160 valence electrons. The molecule has 1 amide bonds. The summed E-state index contributed by atoms with van der Waals surface area (Å²) in [7, 11) is 0. The summed E-state index contributed by atoms with van der Waals surface area (Å²) < 4.78 is 10.6. The molecule has 0 spiro atoms. The fourth-order valence-electron chi connectivity index (χ4n) is 2.53. The van der Waals surface area contributed by atoms with Gasteiger partial charge in [0.25, 0.3) is 5.91 Å². The van der Waals surface area contributed by atoms with E-state index in [1.165, 1.54) is 11.3 Å². The van der Waals surface area contributed by atoms with Crippen LogP contribution < -0.4 is 15.5 Å². The molecule has 3 aromatic rings. The molecule has 2 N–H and O–H groups in total. The van der Waals surface area contributed by atoms with Crippen molar-refractivity contribution < 1.29 is 19.1 Å². The van der Waals surface area contributed by atoms with E-state index in [4.69, 9.17) is 9.47 Å². The lowest BCUT2D eigenvalue weighted by Gasteiger charge is -2.10. The Bertz CT molecular complexity index is 1060. The monoisotopic (exact) mass is 438 g/mol. The van der Waals surface area contributed by atoms with E-state index < -0.39 is 5.97 Å². The Morgan fingerprint density at radius 3 is 2.65 bits per heavy atom. The van der Waals surface area contributed by atoms with Crippen molar-refractivity contribution in [1.82, 2.24) is 4.98 Å². The Morgan fingerprint density at radius 1 is 1.16 bits per heavy atom. The van der Waals surface area contributed by atoms with Crippen LogP contribution in [-0.4, -0.2) is 36.3 Å². The quantitative estimate of drug-likeness (QED) is 0.296. The van der Waals surface area contributed by atoms with Gasteiger partial charge in [-0.05, 0) is 50.2 Å². The van der Waals surface area contributed by atoms with Gasteiger partial charge in [0.1, 0.15) is 5.75 Å². The van der Waals surface area contributed by atoms with Crippen molar-refractivity contribution >= 4 is 40.2 Å². The van der Waals surface area contributed by atoms with Crippen LogP contribution in [0.2, 0.25) is 0 Å². The summed E-state index contributed by atoms with van der Waals surface area (Å²) in [6.07, 6.45) is 1.61. The highest BCUT2D eigenvalue weighted by atomic mass is 32.1. The number of aryl methyl sites for hydroxylation is 1. The number of hydrazone groups is 1. The maximum absolute atomic E-state index is 12.2. The van der Waals surface area contributed by atoms with Gasteiger partial charge >= 0.3 is 5.97 Å². The molecule has 0 atom stereocenters. The normalized spacial score (nSPS) is 10.6. The van der Waals surface area contributed by atoms with Gasteiger partial charge in [-0.15, -0.1) is 11.3 Å². The zero-order valence-electron chi connectivity index (χ0n) is 17.1. The predicted octanol–water partition coefficient (Wildman–Crippen LogP) is 4.09. The van der Waals surface area contributed by atoms with Crippen molar-refractivity contribution in [1.29, 1.82) is 0 Å². The van der Waals surface area contributed by atoms with Crippen molar-refractivity contribution in [3.63, 3.8) is 0 Å². The summed E-state index contributed by atoms with van der Waals surface area (Å²) in [5, 5.41) is 9.52. The maximum Gasteiger partial charge on any atom is 0.338 e. The number of hydrogen-bond donors (Lipinski definition) is 2. The summed E-state index contributed by atoms with van der Waals surface area (Å²) in [6, 6.07) is 13.7. The number of rotatable bonds is 9. The van der Waals surface area contributed by atoms with E-state index in [9.17, 15) is 9.59 Å². The molecule has 0 saturated carbocycles. The summed E-state index contributed by atoms with van der Waals surface area (Å²) in [5.41, 5.74) is 5.49. The molecule has 0 radical (unpaired) electrons. The third kappa shape index (κ3) is 6.65. The molecule has 8 nitrogen and oxygen atoms in total. The standard InChI is InChI=1S/C22H22N4O4S/c1-3-29-21(28)16-8-10-18(11-9-16)25-20(27)13-30-19-7-5-4-6-17(19)12-23-26-22-24-15(2)14-31-22/h4-12,14H,3,13H2,1-2H3,(H,24,26)(H,25,27). The van der Waals surface area contributed by atoms with E-state index >= 15 is 0 Å². The molecular formula is C22H22N4O4S. The number of hydrogen-bond acceptors (Lipinski definition) is 8. The van der Waals surface area contributed by atoms with Crippen LogP contribution in [0.15, 0.2) is 59.0 Å².